The fraction of sp³-hybridized carbons (Fsp3) is 0.320. The predicted octanol–water partition coefficient (Wildman–Crippen LogP) is 4.28. The van der Waals surface area contributed by atoms with Gasteiger partial charge >= 0.3 is 6.03 Å². The van der Waals surface area contributed by atoms with Crippen LogP contribution in [0.4, 0.5) is 4.79 Å². The van der Waals surface area contributed by atoms with Crippen LogP contribution in [0.15, 0.2) is 48.5 Å². The largest absolute Gasteiger partial charge is 0.497 e. The molecule has 8 nitrogen and oxygen atoms in total. The third-order valence-electron chi connectivity index (χ3n) is 6.18. The second kappa shape index (κ2) is 9.81. The van der Waals surface area contributed by atoms with Crippen LogP contribution >= 0.6 is 11.3 Å². The molecule has 2 N–H and O–H groups in total. The number of hydroxylamine groups is 2. The summed E-state index contributed by atoms with van der Waals surface area (Å²) in [5.74, 6) is 0.743. The van der Waals surface area contributed by atoms with Crippen molar-refractivity contribution in [2.24, 2.45) is 0 Å². The van der Waals surface area contributed by atoms with Gasteiger partial charge in [-0.05, 0) is 48.2 Å². The maximum Gasteiger partial charge on any atom is 0.343 e. The number of piperidine rings is 1. The Morgan fingerprint density at radius 3 is 2.32 bits per heavy atom. The lowest BCUT2D eigenvalue weighted by Gasteiger charge is -2.36. The van der Waals surface area contributed by atoms with Gasteiger partial charge in [0, 0.05) is 25.7 Å². The Kier molecular flexibility index (Phi) is 6.84. The summed E-state index contributed by atoms with van der Waals surface area (Å²) in [6.07, 6.45) is 0.864. The summed E-state index contributed by atoms with van der Waals surface area (Å²) in [4.78, 5) is 19.6. The number of amides is 2. The van der Waals surface area contributed by atoms with Crippen molar-refractivity contribution < 1.29 is 19.8 Å². The number of aromatic nitrogens is 1. The van der Waals surface area contributed by atoms with Crippen LogP contribution in [0.5, 0.6) is 5.75 Å². The molecule has 1 saturated heterocycles. The van der Waals surface area contributed by atoms with Crippen LogP contribution < -0.4 is 4.74 Å². The van der Waals surface area contributed by atoms with E-state index in [9.17, 15) is 20.4 Å². The quantitative estimate of drug-likeness (QED) is 0.418. The molecule has 3 aromatic rings. The third-order valence-corrected chi connectivity index (χ3v) is 7.49. The van der Waals surface area contributed by atoms with Crippen LogP contribution in [0, 0.1) is 11.3 Å². The van der Waals surface area contributed by atoms with Gasteiger partial charge in [0.2, 0.25) is 0 Å². The molecule has 34 heavy (non-hydrogen) atoms. The Balaban J connectivity index is 1.75. The molecule has 1 fully saturated rings. The number of hydrogen-bond donors (Lipinski definition) is 2. The van der Waals surface area contributed by atoms with E-state index < -0.39 is 11.4 Å². The molecular weight excluding hydrogens is 452 g/mol. The first-order valence-electron chi connectivity index (χ1n) is 10.9. The molecule has 2 amide bonds. The van der Waals surface area contributed by atoms with Gasteiger partial charge in [-0.25, -0.2) is 14.8 Å². The zero-order valence-corrected chi connectivity index (χ0v) is 19.9. The number of nitriles is 1. The lowest BCUT2D eigenvalue weighted by atomic mass is 9.80. The highest BCUT2D eigenvalue weighted by Gasteiger charge is 2.41. The molecule has 0 saturated carbocycles. The van der Waals surface area contributed by atoms with E-state index in [-0.39, 0.29) is 6.61 Å². The highest BCUT2D eigenvalue weighted by atomic mass is 32.1. The number of hydrogen-bond acceptors (Lipinski definition) is 7. The Bertz CT molecular complexity index is 1130. The van der Waals surface area contributed by atoms with Crippen molar-refractivity contribution in [3.63, 3.8) is 0 Å². The van der Waals surface area contributed by atoms with Crippen molar-refractivity contribution in [2.75, 3.05) is 27.2 Å². The van der Waals surface area contributed by atoms with E-state index in [0.29, 0.717) is 36.0 Å². The maximum atomic E-state index is 12.1. The van der Waals surface area contributed by atoms with Gasteiger partial charge in [0.05, 0.1) is 30.4 Å². The molecule has 0 bridgehead atoms. The number of thiazole rings is 1. The third kappa shape index (κ3) is 4.48. The average molecular weight is 479 g/mol. The molecule has 0 unspecified atom stereocenters. The number of aliphatic hydroxyl groups excluding tert-OH is 1. The van der Waals surface area contributed by atoms with E-state index in [0.717, 1.165) is 33.0 Å². The van der Waals surface area contributed by atoms with Crippen molar-refractivity contribution in [3.05, 3.63) is 59.1 Å². The highest BCUT2D eigenvalue weighted by Crippen LogP contribution is 2.44. The number of ether oxygens (including phenoxy) is 1. The van der Waals surface area contributed by atoms with Crippen LogP contribution in [0.25, 0.3) is 21.7 Å². The minimum Gasteiger partial charge on any atom is -0.497 e. The second-order valence-electron chi connectivity index (χ2n) is 8.27. The van der Waals surface area contributed by atoms with E-state index >= 15 is 0 Å². The molecule has 0 radical (unpaired) electrons. The first-order chi connectivity index (χ1) is 16.4. The van der Waals surface area contributed by atoms with Gasteiger partial charge in [-0.15, -0.1) is 11.3 Å². The zero-order valence-electron chi connectivity index (χ0n) is 19.1. The van der Waals surface area contributed by atoms with Gasteiger partial charge in [0.25, 0.3) is 0 Å². The lowest BCUT2D eigenvalue weighted by Crippen LogP contribution is -2.48. The minimum absolute atomic E-state index is 0.0324. The van der Waals surface area contributed by atoms with Gasteiger partial charge in [0.1, 0.15) is 16.2 Å². The Hall–Kier alpha value is -3.45. The number of carbonyl (C=O) groups is 1. The molecule has 1 aromatic heterocycles. The molecule has 1 aliphatic heterocycles. The van der Waals surface area contributed by atoms with Crippen molar-refractivity contribution >= 4 is 17.4 Å². The summed E-state index contributed by atoms with van der Waals surface area (Å²) in [6.45, 7) is 0.680. The Morgan fingerprint density at radius 1 is 1.18 bits per heavy atom. The molecule has 2 heterocycles. The Labute approximate surface area is 202 Å². The number of rotatable bonds is 5. The first kappa shape index (κ1) is 23.7. The van der Waals surface area contributed by atoms with Crippen molar-refractivity contribution in [1.82, 2.24) is 14.9 Å². The fourth-order valence-corrected chi connectivity index (χ4v) is 5.37. The molecular formula is C25H26N4O4S. The predicted molar refractivity (Wildman–Crippen MR) is 129 cm³/mol. The molecule has 0 spiro atoms. The van der Waals surface area contributed by atoms with Gasteiger partial charge < -0.3 is 14.7 Å². The van der Waals surface area contributed by atoms with Gasteiger partial charge in [-0.1, -0.05) is 24.3 Å². The number of methoxy groups -OCH3 is 1. The summed E-state index contributed by atoms with van der Waals surface area (Å²) in [5, 5.41) is 30.4. The number of carbonyl (C=O) groups excluding carboxylic acids is 1. The zero-order chi connectivity index (χ0) is 24.3. The average Bonchev–Trinajstić information content (AvgIpc) is 3.34. The molecule has 0 aliphatic carbocycles. The first-order valence-corrected chi connectivity index (χ1v) is 11.7. The van der Waals surface area contributed by atoms with Gasteiger partial charge in [-0.3, -0.25) is 5.21 Å². The van der Waals surface area contributed by atoms with E-state index in [4.69, 9.17) is 9.72 Å². The summed E-state index contributed by atoms with van der Waals surface area (Å²) in [5.41, 5.74) is 2.64. The van der Waals surface area contributed by atoms with Crippen LogP contribution in [-0.2, 0) is 12.0 Å². The SMILES string of the molecule is COc1ccc(-c2nc(C3(C#N)CCN(C(=O)N(C)O)CC3)sc2-c2ccc(CO)cc2)cc1. The minimum atomic E-state index is -0.819. The molecule has 176 valence electrons. The number of nitrogens with zero attached hydrogens (tertiary/aromatic N) is 4. The number of urea groups is 1. The van der Waals surface area contributed by atoms with Crippen LogP contribution in [0.3, 0.4) is 0 Å². The van der Waals surface area contributed by atoms with E-state index in [1.807, 2.05) is 48.5 Å². The van der Waals surface area contributed by atoms with E-state index in [1.165, 1.54) is 18.4 Å². The summed E-state index contributed by atoms with van der Waals surface area (Å²) < 4.78 is 5.29. The topological polar surface area (TPSA) is 110 Å². The normalized spacial score (nSPS) is 15.0. The number of benzene rings is 2. The molecule has 4 rings (SSSR count). The van der Waals surface area contributed by atoms with Crippen molar-refractivity contribution in [3.8, 4) is 33.5 Å². The standard InChI is InChI=1S/C25H26N4O4S/c1-28(32)24(31)29-13-11-25(16-26,12-14-29)23-27-21(18-7-9-20(33-2)10-8-18)22(34-23)19-5-3-17(15-30)4-6-19/h3-10,30,32H,11-15H2,1-2H3. The summed E-state index contributed by atoms with van der Waals surface area (Å²) >= 11 is 1.49. The molecule has 0 atom stereocenters. The number of likely N-dealkylation sites (tertiary alicyclic amines) is 1. The van der Waals surface area contributed by atoms with Crippen LogP contribution in [0.1, 0.15) is 23.4 Å². The summed E-state index contributed by atoms with van der Waals surface area (Å²) in [6, 6.07) is 17.3. The van der Waals surface area contributed by atoms with Crippen LogP contribution in [0.2, 0.25) is 0 Å². The van der Waals surface area contributed by atoms with E-state index in [2.05, 4.69) is 6.07 Å². The lowest BCUT2D eigenvalue weighted by molar-refractivity contribution is -0.0364. The van der Waals surface area contributed by atoms with Crippen LogP contribution in [-0.4, -0.2) is 58.5 Å². The molecule has 1 aliphatic rings. The molecule has 9 heteroatoms. The molecule has 2 aromatic carbocycles. The van der Waals surface area contributed by atoms with E-state index in [1.54, 1.807) is 12.0 Å². The second-order valence-corrected chi connectivity index (χ2v) is 9.27. The van der Waals surface area contributed by atoms with Crippen molar-refractivity contribution in [2.45, 2.75) is 24.9 Å². The maximum absolute atomic E-state index is 12.1. The fourth-order valence-electron chi connectivity index (χ4n) is 4.08. The van der Waals surface area contributed by atoms with Crippen molar-refractivity contribution in [1.29, 1.82) is 5.26 Å². The smallest absolute Gasteiger partial charge is 0.343 e. The van der Waals surface area contributed by atoms with Gasteiger partial charge in [0.15, 0.2) is 0 Å². The Morgan fingerprint density at radius 2 is 1.79 bits per heavy atom. The van der Waals surface area contributed by atoms with Gasteiger partial charge in [-0.2, -0.15) is 5.26 Å². The monoisotopic (exact) mass is 478 g/mol. The summed E-state index contributed by atoms with van der Waals surface area (Å²) in [7, 11) is 2.91. The highest BCUT2D eigenvalue weighted by molar-refractivity contribution is 7.15. The number of aliphatic hydroxyl groups is 1.